The summed E-state index contributed by atoms with van der Waals surface area (Å²) in [4.78, 5) is 40.8. The summed E-state index contributed by atoms with van der Waals surface area (Å²) in [5.41, 5.74) is 1.40. The van der Waals surface area contributed by atoms with E-state index in [0.717, 1.165) is 90.0 Å². The van der Waals surface area contributed by atoms with Gasteiger partial charge in [0.25, 0.3) is 5.91 Å². The normalized spacial score (nSPS) is 30.0. The highest BCUT2D eigenvalue weighted by atomic mass is 19.1. The first-order valence-corrected chi connectivity index (χ1v) is 18.9. The third-order valence-electron chi connectivity index (χ3n) is 11.5. The smallest absolute Gasteiger partial charge is 0.251 e. The molecule has 3 aliphatic carbocycles. The fourth-order valence-electron chi connectivity index (χ4n) is 8.97. The molecule has 2 bridgehead atoms. The number of carbonyl (C=O) groups is 2. The van der Waals surface area contributed by atoms with Crippen LogP contribution >= 0.6 is 0 Å². The molecule has 1 aliphatic heterocycles. The predicted octanol–water partition coefficient (Wildman–Crippen LogP) is 6.28. The Bertz CT molecular complexity index is 1370. The van der Waals surface area contributed by atoms with E-state index in [9.17, 15) is 14.0 Å². The van der Waals surface area contributed by atoms with Crippen LogP contribution in [0.5, 0.6) is 5.75 Å². The second-order valence-corrected chi connectivity index (χ2v) is 15.3. The number of rotatable bonds is 14. The first-order chi connectivity index (χ1) is 24.3. The van der Waals surface area contributed by atoms with Gasteiger partial charge in [0, 0.05) is 38.3 Å². The van der Waals surface area contributed by atoms with Gasteiger partial charge in [0.2, 0.25) is 5.91 Å². The first kappa shape index (κ1) is 36.7. The van der Waals surface area contributed by atoms with E-state index in [1.807, 2.05) is 0 Å². The van der Waals surface area contributed by atoms with Gasteiger partial charge in [-0.1, -0.05) is 26.0 Å². The van der Waals surface area contributed by atoms with Gasteiger partial charge >= 0.3 is 0 Å². The lowest BCUT2D eigenvalue weighted by molar-refractivity contribution is -0.378. The van der Waals surface area contributed by atoms with Gasteiger partial charge in [-0.25, -0.2) is 14.2 Å². The Kier molecular flexibility index (Phi) is 12.8. The highest BCUT2D eigenvalue weighted by Gasteiger charge is 2.53. The monoisotopic (exact) mass is 693 g/mol. The fraction of sp³-hybridized carbons (Fsp3) is 0.650. The third kappa shape index (κ3) is 9.63. The summed E-state index contributed by atoms with van der Waals surface area (Å²) in [6, 6.07) is 14.1. The summed E-state index contributed by atoms with van der Waals surface area (Å²) in [6.45, 7) is 10.6. The van der Waals surface area contributed by atoms with Crippen molar-refractivity contribution in [3.8, 4) is 5.75 Å². The van der Waals surface area contributed by atoms with Gasteiger partial charge in [-0.15, -0.1) is 0 Å². The Hall–Kier alpha value is -3.05. The molecule has 50 heavy (non-hydrogen) atoms. The number of fused-ring (bicyclic) bond motifs is 2. The van der Waals surface area contributed by atoms with Crippen LogP contribution in [0.3, 0.4) is 0 Å². The molecule has 6 rings (SSSR count). The fourth-order valence-corrected chi connectivity index (χ4v) is 8.97. The van der Waals surface area contributed by atoms with Crippen molar-refractivity contribution in [3.05, 3.63) is 65.5 Å². The average Bonchev–Trinajstić information content (AvgIpc) is 3.12. The average molecular weight is 694 g/mol. The van der Waals surface area contributed by atoms with Crippen molar-refractivity contribution in [2.24, 2.45) is 23.2 Å². The molecule has 4 unspecified atom stereocenters. The molecule has 2 aromatic rings. The number of halogens is 1. The predicted molar refractivity (Wildman–Crippen MR) is 189 cm³/mol. The Morgan fingerprint density at radius 3 is 2.36 bits per heavy atom. The van der Waals surface area contributed by atoms with Crippen molar-refractivity contribution in [1.29, 1.82) is 0 Å². The van der Waals surface area contributed by atoms with E-state index in [1.165, 1.54) is 29.8 Å². The molecular weight excluding hydrogens is 637 g/mol. The van der Waals surface area contributed by atoms with E-state index < -0.39 is 0 Å². The standard InChI is InChI=1S/C40H56FN3O6/c1-28-24-33-27-40(25-28,39(46)43-17-3-16-42-38(45)32-4-10-34(41)11-5-32)26-29(2)37(33)50-49-36-14-8-31(9-15-36)30-6-12-35(13-7-30)48-23-20-44-18-21-47-22-19-44/h4-7,10-13,28-29,31,33,36-37H,3,8-9,14-27H2,1-2H3,(H,42,45)(H,43,46)/t28?,29?,31?,33?,36?,37-,40?/m0/s1. The number of amides is 2. The summed E-state index contributed by atoms with van der Waals surface area (Å²) >= 11 is 0. The SMILES string of the molecule is CC1CC2CC(C(=O)NCCCNC(=O)c3ccc(F)cc3)(C1)CC(C)[C@@H]2OOC1CCC(c2ccc(OCCN3CCOCC3)cc2)CC1. The second kappa shape index (κ2) is 17.4. The molecule has 274 valence electrons. The lowest BCUT2D eigenvalue weighted by atomic mass is 9.55. The number of morpholine rings is 1. The number of ether oxygens (including phenoxy) is 2. The summed E-state index contributed by atoms with van der Waals surface area (Å²) in [7, 11) is 0. The van der Waals surface area contributed by atoms with Crippen LogP contribution in [-0.2, 0) is 19.3 Å². The first-order valence-electron chi connectivity index (χ1n) is 18.9. The molecule has 0 spiro atoms. The lowest BCUT2D eigenvalue weighted by Crippen LogP contribution is -2.54. The van der Waals surface area contributed by atoms with E-state index in [-0.39, 0.29) is 47.1 Å². The molecule has 0 radical (unpaired) electrons. The largest absolute Gasteiger partial charge is 0.492 e. The van der Waals surface area contributed by atoms with E-state index >= 15 is 0 Å². The molecule has 10 heteroatoms. The summed E-state index contributed by atoms with van der Waals surface area (Å²) in [5.74, 6) is 1.90. The van der Waals surface area contributed by atoms with Crippen LogP contribution in [0.15, 0.2) is 48.5 Å². The summed E-state index contributed by atoms with van der Waals surface area (Å²) < 4.78 is 24.6. The van der Waals surface area contributed by atoms with Gasteiger partial charge < -0.3 is 20.1 Å². The maximum absolute atomic E-state index is 13.6. The zero-order valence-electron chi connectivity index (χ0n) is 29.9. The Morgan fingerprint density at radius 1 is 0.900 bits per heavy atom. The molecular formula is C40H56FN3O6. The minimum atomic E-state index is -0.389. The number of nitrogens with zero attached hydrogens (tertiary/aromatic N) is 1. The third-order valence-corrected chi connectivity index (χ3v) is 11.5. The number of hydrogen-bond acceptors (Lipinski definition) is 7. The molecule has 1 saturated heterocycles. The highest BCUT2D eigenvalue weighted by molar-refractivity contribution is 5.94. The van der Waals surface area contributed by atoms with Gasteiger partial charge in [-0.05, 0) is 123 Å². The van der Waals surface area contributed by atoms with Crippen molar-refractivity contribution >= 4 is 11.8 Å². The van der Waals surface area contributed by atoms with Gasteiger partial charge in [0.1, 0.15) is 18.2 Å². The zero-order chi connectivity index (χ0) is 34.9. The molecule has 3 saturated carbocycles. The summed E-state index contributed by atoms with van der Waals surface area (Å²) in [5, 5.41) is 6.03. The Morgan fingerprint density at radius 2 is 1.62 bits per heavy atom. The van der Waals surface area contributed by atoms with Crippen LogP contribution in [0.1, 0.15) is 93.5 Å². The molecule has 4 aliphatic rings. The highest BCUT2D eigenvalue weighted by Crippen LogP contribution is 2.54. The number of benzene rings is 2. The van der Waals surface area contributed by atoms with Gasteiger partial charge in [0.05, 0.1) is 30.8 Å². The van der Waals surface area contributed by atoms with Crippen molar-refractivity contribution in [3.63, 3.8) is 0 Å². The van der Waals surface area contributed by atoms with Crippen LogP contribution in [0.2, 0.25) is 0 Å². The van der Waals surface area contributed by atoms with Gasteiger partial charge in [-0.3, -0.25) is 14.5 Å². The van der Waals surface area contributed by atoms with Crippen LogP contribution in [0.4, 0.5) is 4.39 Å². The maximum Gasteiger partial charge on any atom is 0.251 e. The minimum Gasteiger partial charge on any atom is -0.492 e. The molecule has 2 aromatic carbocycles. The lowest BCUT2D eigenvalue weighted by Gasteiger charge is -2.51. The second-order valence-electron chi connectivity index (χ2n) is 15.3. The van der Waals surface area contributed by atoms with Crippen molar-refractivity contribution in [2.75, 3.05) is 52.5 Å². The van der Waals surface area contributed by atoms with E-state index in [4.69, 9.17) is 19.2 Å². The molecule has 4 fully saturated rings. The van der Waals surface area contributed by atoms with E-state index in [2.05, 4.69) is 53.6 Å². The number of nitrogens with one attached hydrogen (secondary N) is 2. The maximum atomic E-state index is 13.6. The number of hydrogen-bond donors (Lipinski definition) is 2. The molecule has 2 amide bonds. The van der Waals surface area contributed by atoms with Crippen molar-refractivity contribution < 1.29 is 33.2 Å². The molecule has 5 atom stereocenters. The quantitative estimate of drug-likeness (QED) is 0.137. The molecule has 1 heterocycles. The van der Waals surface area contributed by atoms with Crippen LogP contribution in [0.25, 0.3) is 0 Å². The van der Waals surface area contributed by atoms with E-state index in [1.54, 1.807) is 0 Å². The molecule has 2 N–H and O–H groups in total. The van der Waals surface area contributed by atoms with Crippen LogP contribution in [0, 0.1) is 29.0 Å². The van der Waals surface area contributed by atoms with Crippen molar-refractivity contribution in [2.45, 2.75) is 89.8 Å². The molecule has 9 nitrogen and oxygen atoms in total. The van der Waals surface area contributed by atoms with Crippen molar-refractivity contribution in [1.82, 2.24) is 15.5 Å². The Balaban J connectivity index is 0.899. The minimum absolute atomic E-state index is 0.00568. The zero-order valence-corrected chi connectivity index (χ0v) is 29.9. The number of carbonyl (C=O) groups excluding carboxylic acids is 2. The summed E-state index contributed by atoms with van der Waals surface area (Å²) in [6.07, 6.45) is 8.36. The Labute approximate surface area is 296 Å². The van der Waals surface area contributed by atoms with E-state index in [0.29, 0.717) is 43.5 Å². The van der Waals surface area contributed by atoms with Crippen LogP contribution in [-0.4, -0.2) is 81.5 Å². The van der Waals surface area contributed by atoms with Gasteiger partial charge in [-0.2, -0.15) is 0 Å². The molecule has 0 aromatic heterocycles. The topological polar surface area (TPSA) is 98.4 Å². The van der Waals surface area contributed by atoms with Gasteiger partial charge in [0.15, 0.2) is 0 Å². The van der Waals surface area contributed by atoms with Crippen LogP contribution < -0.4 is 15.4 Å².